The molecular weight excluding hydrogens is 198 g/mol. The van der Waals surface area contributed by atoms with Crippen molar-refractivity contribution >= 4 is 5.97 Å². The van der Waals surface area contributed by atoms with E-state index < -0.39 is 12.1 Å². The van der Waals surface area contributed by atoms with E-state index >= 15 is 0 Å². The Labute approximate surface area is 90.0 Å². The van der Waals surface area contributed by atoms with Crippen molar-refractivity contribution in [3.63, 3.8) is 0 Å². The number of carbonyl (C=O) groups excluding carboxylic acids is 1. The molecule has 1 atom stereocenters. The van der Waals surface area contributed by atoms with E-state index in [9.17, 15) is 9.90 Å². The summed E-state index contributed by atoms with van der Waals surface area (Å²) in [5.74, 6) is -0.501. The molecule has 5 nitrogen and oxygen atoms in total. The van der Waals surface area contributed by atoms with Gasteiger partial charge in [-0.1, -0.05) is 6.58 Å². The lowest BCUT2D eigenvalue weighted by molar-refractivity contribution is -0.142. The highest BCUT2D eigenvalue weighted by Crippen LogP contribution is 1.95. The number of nitrogens with zero attached hydrogens (tertiary/aromatic N) is 1. The summed E-state index contributed by atoms with van der Waals surface area (Å²) >= 11 is 0. The lowest BCUT2D eigenvalue weighted by Crippen LogP contribution is -2.34. The molecule has 2 N–H and O–H groups in total. The maximum atomic E-state index is 11.0. The van der Waals surface area contributed by atoms with Crippen LogP contribution in [-0.2, 0) is 9.53 Å². The van der Waals surface area contributed by atoms with Gasteiger partial charge in [0, 0.05) is 18.7 Å². The molecule has 1 unspecified atom stereocenters. The van der Waals surface area contributed by atoms with Crippen LogP contribution in [0.3, 0.4) is 0 Å². The van der Waals surface area contributed by atoms with Crippen LogP contribution in [0.15, 0.2) is 12.2 Å². The number of hydrogen-bond donors (Lipinski definition) is 2. The Balaban J connectivity index is 3.70. The monoisotopic (exact) mass is 217 g/mol. The van der Waals surface area contributed by atoms with Gasteiger partial charge in [0.25, 0.3) is 0 Å². The average Bonchev–Trinajstić information content (AvgIpc) is 2.14. The van der Waals surface area contributed by atoms with Crippen molar-refractivity contribution in [1.29, 1.82) is 0 Å². The third kappa shape index (κ3) is 7.07. The number of aliphatic hydroxyl groups is 2. The van der Waals surface area contributed by atoms with Gasteiger partial charge >= 0.3 is 5.97 Å². The summed E-state index contributed by atoms with van der Waals surface area (Å²) in [6.07, 6.45) is -0.746. The smallest absolute Gasteiger partial charge is 0.333 e. The van der Waals surface area contributed by atoms with Crippen LogP contribution in [0.4, 0.5) is 0 Å². The van der Waals surface area contributed by atoms with Gasteiger partial charge in [0.05, 0.1) is 6.61 Å². The Hall–Kier alpha value is -0.910. The fourth-order valence-corrected chi connectivity index (χ4v) is 0.970. The highest BCUT2D eigenvalue weighted by molar-refractivity contribution is 5.86. The van der Waals surface area contributed by atoms with Crippen LogP contribution in [0.5, 0.6) is 0 Å². The van der Waals surface area contributed by atoms with Gasteiger partial charge in [0.15, 0.2) is 0 Å². The van der Waals surface area contributed by atoms with Crippen LogP contribution in [0.2, 0.25) is 0 Å². The van der Waals surface area contributed by atoms with Gasteiger partial charge < -0.3 is 19.8 Å². The topological polar surface area (TPSA) is 70.0 Å². The number of likely N-dealkylation sites (N-methyl/N-ethyl adjacent to an activating group) is 1. The molecule has 0 amide bonds. The van der Waals surface area contributed by atoms with Crippen LogP contribution in [0.1, 0.15) is 6.92 Å². The van der Waals surface area contributed by atoms with Gasteiger partial charge in [-0.3, -0.25) is 0 Å². The summed E-state index contributed by atoms with van der Waals surface area (Å²) in [6, 6.07) is 0. The maximum absolute atomic E-state index is 11.0. The first-order valence-corrected chi connectivity index (χ1v) is 4.77. The van der Waals surface area contributed by atoms with E-state index in [0.717, 1.165) is 0 Å². The molecule has 88 valence electrons. The van der Waals surface area contributed by atoms with E-state index in [1.165, 1.54) is 0 Å². The van der Waals surface area contributed by atoms with Gasteiger partial charge in [0.2, 0.25) is 0 Å². The van der Waals surface area contributed by atoms with Gasteiger partial charge in [-0.05, 0) is 14.0 Å². The largest absolute Gasteiger partial charge is 0.460 e. The third-order valence-corrected chi connectivity index (χ3v) is 1.76. The minimum absolute atomic E-state index is 0.0365. The lowest BCUT2D eigenvalue weighted by Gasteiger charge is -2.19. The Morgan fingerprint density at radius 1 is 1.60 bits per heavy atom. The third-order valence-electron chi connectivity index (χ3n) is 1.76. The van der Waals surface area contributed by atoms with E-state index in [1.807, 2.05) is 0 Å². The Morgan fingerprint density at radius 2 is 2.20 bits per heavy atom. The fraction of sp³-hybridized carbons (Fsp3) is 0.700. The van der Waals surface area contributed by atoms with Crippen LogP contribution in [-0.4, -0.2) is 60.5 Å². The zero-order valence-electron chi connectivity index (χ0n) is 9.27. The highest BCUT2D eigenvalue weighted by Gasteiger charge is 2.11. The SMILES string of the molecule is C=C(C)C(=O)OCC(O)CN(C)CCO. The summed E-state index contributed by atoms with van der Waals surface area (Å²) in [6.45, 7) is 5.78. The lowest BCUT2D eigenvalue weighted by atomic mass is 10.3. The first-order chi connectivity index (χ1) is 6.97. The molecule has 0 rings (SSSR count). The van der Waals surface area contributed by atoms with E-state index in [2.05, 4.69) is 6.58 Å². The minimum Gasteiger partial charge on any atom is -0.460 e. The summed E-state index contributed by atoms with van der Waals surface area (Å²) in [5, 5.41) is 18.1. The molecule has 0 aliphatic rings. The van der Waals surface area contributed by atoms with Crippen molar-refractivity contribution < 1.29 is 19.7 Å². The summed E-state index contributed by atoms with van der Waals surface area (Å²) in [7, 11) is 1.76. The fourth-order valence-electron chi connectivity index (χ4n) is 0.970. The molecular formula is C10H19NO4. The second-order valence-corrected chi connectivity index (χ2v) is 3.52. The second kappa shape index (κ2) is 7.39. The Kier molecular flexibility index (Phi) is 6.94. The number of esters is 1. The molecule has 0 saturated carbocycles. The minimum atomic E-state index is -0.746. The molecule has 0 bridgehead atoms. The van der Waals surface area contributed by atoms with Crippen molar-refractivity contribution in [3.05, 3.63) is 12.2 Å². The number of carbonyl (C=O) groups is 1. The molecule has 0 aromatic carbocycles. The molecule has 15 heavy (non-hydrogen) atoms. The Morgan fingerprint density at radius 3 is 2.67 bits per heavy atom. The van der Waals surface area contributed by atoms with Gasteiger partial charge in [-0.15, -0.1) is 0 Å². The molecule has 0 radical (unpaired) electrons. The molecule has 0 aliphatic heterocycles. The van der Waals surface area contributed by atoms with Crippen LogP contribution in [0, 0.1) is 0 Å². The molecule has 0 fully saturated rings. The Bertz CT molecular complexity index is 217. The van der Waals surface area contributed by atoms with Crippen molar-refractivity contribution in [3.8, 4) is 0 Å². The molecule has 0 aromatic heterocycles. The quantitative estimate of drug-likeness (QED) is 0.440. The van der Waals surface area contributed by atoms with E-state index in [1.54, 1.807) is 18.9 Å². The average molecular weight is 217 g/mol. The predicted molar refractivity (Wildman–Crippen MR) is 56.4 cm³/mol. The second-order valence-electron chi connectivity index (χ2n) is 3.52. The molecule has 0 aromatic rings. The highest BCUT2D eigenvalue weighted by atomic mass is 16.5. The molecule has 0 aliphatic carbocycles. The number of ether oxygens (including phenoxy) is 1. The van der Waals surface area contributed by atoms with Crippen molar-refractivity contribution in [2.45, 2.75) is 13.0 Å². The van der Waals surface area contributed by atoms with Crippen molar-refractivity contribution in [2.75, 3.05) is 33.4 Å². The first-order valence-electron chi connectivity index (χ1n) is 4.77. The van der Waals surface area contributed by atoms with E-state index in [4.69, 9.17) is 9.84 Å². The van der Waals surface area contributed by atoms with Crippen LogP contribution in [0.25, 0.3) is 0 Å². The normalized spacial score (nSPS) is 12.6. The van der Waals surface area contributed by atoms with Crippen molar-refractivity contribution in [2.24, 2.45) is 0 Å². The van der Waals surface area contributed by atoms with Gasteiger partial charge in [-0.2, -0.15) is 0 Å². The van der Waals surface area contributed by atoms with Gasteiger partial charge in [0.1, 0.15) is 12.7 Å². The van der Waals surface area contributed by atoms with Crippen LogP contribution < -0.4 is 0 Å². The maximum Gasteiger partial charge on any atom is 0.333 e. The number of aliphatic hydroxyl groups excluding tert-OH is 2. The standard InChI is InChI=1S/C10H19NO4/c1-8(2)10(14)15-7-9(13)6-11(3)4-5-12/h9,12-13H,1,4-7H2,2-3H3. The van der Waals surface area contributed by atoms with E-state index in [0.29, 0.717) is 18.7 Å². The molecule has 5 heteroatoms. The zero-order chi connectivity index (χ0) is 11.8. The summed E-state index contributed by atoms with van der Waals surface area (Å²) < 4.78 is 4.77. The number of hydrogen-bond acceptors (Lipinski definition) is 5. The molecule has 0 heterocycles. The van der Waals surface area contributed by atoms with Crippen molar-refractivity contribution in [1.82, 2.24) is 4.90 Å². The first kappa shape index (κ1) is 14.1. The summed E-state index contributed by atoms with van der Waals surface area (Å²) in [4.78, 5) is 12.7. The zero-order valence-corrected chi connectivity index (χ0v) is 9.27. The molecule has 0 saturated heterocycles. The number of rotatable bonds is 7. The molecule has 0 spiro atoms. The predicted octanol–water partition coefficient (Wildman–Crippen LogP) is -0.609. The van der Waals surface area contributed by atoms with Gasteiger partial charge in [-0.25, -0.2) is 4.79 Å². The van der Waals surface area contributed by atoms with Crippen LogP contribution >= 0.6 is 0 Å². The van der Waals surface area contributed by atoms with E-state index in [-0.39, 0.29) is 13.2 Å². The summed E-state index contributed by atoms with van der Waals surface area (Å²) in [5.41, 5.74) is 0.311.